The summed E-state index contributed by atoms with van der Waals surface area (Å²) in [6.45, 7) is 3.61. The first-order valence-corrected chi connectivity index (χ1v) is 12.9. The maximum absolute atomic E-state index is 13.5. The van der Waals surface area contributed by atoms with Gasteiger partial charge in [-0.05, 0) is 65.3 Å². The van der Waals surface area contributed by atoms with Crippen LogP contribution in [0.2, 0.25) is 0 Å². The molecule has 1 amide bonds. The smallest absolute Gasteiger partial charge is 0.246 e. The van der Waals surface area contributed by atoms with Crippen LogP contribution in [-0.2, 0) is 37.4 Å². The molecule has 1 aliphatic carbocycles. The van der Waals surface area contributed by atoms with Crippen LogP contribution in [0.1, 0.15) is 35.1 Å². The van der Waals surface area contributed by atoms with E-state index in [2.05, 4.69) is 36.5 Å². The average Bonchev–Trinajstić information content (AvgIpc) is 3.62. The zero-order valence-corrected chi connectivity index (χ0v) is 21.9. The Morgan fingerprint density at radius 3 is 2.45 bits per heavy atom. The largest absolute Gasteiger partial charge is 0.454 e. The van der Waals surface area contributed by atoms with Gasteiger partial charge in [0.05, 0.1) is 18.6 Å². The molecule has 1 saturated carbocycles. The van der Waals surface area contributed by atoms with Crippen LogP contribution in [-0.4, -0.2) is 45.4 Å². The summed E-state index contributed by atoms with van der Waals surface area (Å²) in [6.07, 6.45) is 2.11. The van der Waals surface area contributed by atoms with Crippen molar-refractivity contribution in [1.82, 2.24) is 5.32 Å². The molecular weight excluding hydrogens is 482 g/mol. The highest BCUT2D eigenvalue weighted by molar-refractivity contribution is 5.95. The first kappa shape index (κ1) is 25.9. The molecule has 0 aromatic heterocycles. The van der Waals surface area contributed by atoms with Gasteiger partial charge < -0.3 is 24.3 Å². The van der Waals surface area contributed by atoms with E-state index in [4.69, 9.17) is 18.9 Å². The molecule has 1 N–H and O–H groups in total. The molecule has 3 aromatic rings. The van der Waals surface area contributed by atoms with E-state index in [-0.39, 0.29) is 25.1 Å². The quantitative estimate of drug-likeness (QED) is 0.358. The predicted molar refractivity (Wildman–Crippen MR) is 143 cm³/mol. The lowest BCUT2D eigenvalue weighted by molar-refractivity contribution is -0.126. The summed E-state index contributed by atoms with van der Waals surface area (Å²) in [7, 11) is 1.59. The van der Waals surface area contributed by atoms with Crippen LogP contribution in [0, 0.1) is 6.92 Å². The maximum atomic E-state index is 13.5. The molecule has 5 rings (SSSR count). The highest BCUT2D eigenvalue weighted by Crippen LogP contribution is 2.51. The molecule has 0 bridgehead atoms. The number of amides is 1. The molecule has 198 valence electrons. The van der Waals surface area contributed by atoms with Gasteiger partial charge in [0.25, 0.3) is 0 Å². The maximum Gasteiger partial charge on any atom is 0.246 e. The van der Waals surface area contributed by atoms with Crippen molar-refractivity contribution in [2.45, 2.75) is 38.1 Å². The molecule has 1 aliphatic heterocycles. The van der Waals surface area contributed by atoms with Crippen molar-refractivity contribution in [1.29, 1.82) is 0 Å². The van der Waals surface area contributed by atoms with Crippen LogP contribution >= 0.6 is 0 Å². The highest BCUT2D eigenvalue weighted by atomic mass is 16.7. The van der Waals surface area contributed by atoms with Crippen molar-refractivity contribution in [3.63, 3.8) is 0 Å². The topological polar surface area (TPSA) is 83.1 Å². The van der Waals surface area contributed by atoms with Crippen molar-refractivity contribution in [3.8, 4) is 22.6 Å². The van der Waals surface area contributed by atoms with Gasteiger partial charge in [0.2, 0.25) is 12.7 Å². The lowest BCUT2D eigenvalue weighted by Gasteiger charge is -2.16. The number of nitrogens with one attached hydrogen (secondary N) is 1. The number of rotatable bonds is 12. The van der Waals surface area contributed by atoms with Gasteiger partial charge in [0.1, 0.15) is 12.4 Å². The third kappa shape index (κ3) is 5.74. The highest BCUT2D eigenvalue weighted by Gasteiger charge is 2.50. The summed E-state index contributed by atoms with van der Waals surface area (Å²) in [5.74, 6) is 1.54. The summed E-state index contributed by atoms with van der Waals surface area (Å²) in [5, 5.41) is 2.87. The Labute approximate surface area is 223 Å². The predicted octanol–water partition coefficient (Wildman–Crippen LogP) is 4.51. The van der Waals surface area contributed by atoms with Crippen LogP contribution in [0.5, 0.6) is 11.5 Å². The number of Topliss-reactive ketones (excluding diaryl/α,β-unsaturated/α-hetero) is 1. The number of hydrogen-bond donors (Lipinski definition) is 1. The number of fused-ring (bicyclic) bond motifs is 1. The van der Waals surface area contributed by atoms with Crippen LogP contribution in [0.15, 0.2) is 60.7 Å². The van der Waals surface area contributed by atoms with Gasteiger partial charge in [-0.25, -0.2) is 0 Å². The molecule has 7 heteroatoms. The molecule has 0 spiro atoms. The van der Waals surface area contributed by atoms with Crippen LogP contribution in [0.3, 0.4) is 0 Å². The molecule has 1 fully saturated rings. The normalized spacial score (nSPS) is 14.8. The second-order valence-electron chi connectivity index (χ2n) is 9.92. The lowest BCUT2D eigenvalue weighted by Crippen LogP contribution is -2.27. The summed E-state index contributed by atoms with van der Waals surface area (Å²) < 4.78 is 21.1. The Bertz CT molecular complexity index is 1310. The van der Waals surface area contributed by atoms with Gasteiger partial charge in [-0.3, -0.25) is 9.59 Å². The van der Waals surface area contributed by atoms with Gasteiger partial charge in [-0.1, -0.05) is 48.5 Å². The fraction of sp³-hybridized carbons (Fsp3) is 0.355. The van der Waals surface area contributed by atoms with Crippen molar-refractivity contribution in [3.05, 3.63) is 82.9 Å². The van der Waals surface area contributed by atoms with Crippen molar-refractivity contribution in [2.24, 2.45) is 0 Å². The van der Waals surface area contributed by atoms with Crippen molar-refractivity contribution < 1.29 is 28.5 Å². The Hall–Kier alpha value is -3.68. The minimum Gasteiger partial charge on any atom is -0.454 e. The molecule has 38 heavy (non-hydrogen) atoms. The summed E-state index contributed by atoms with van der Waals surface area (Å²) >= 11 is 0. The minimum absolute atomic E-state index is 0.0160. The molecule has 1 heterocycles. The van der Waals surface area contributed by atoms with Gasteiger partial charge in [-0.2, -0.15) is 0 Å². The lowest BCUT2D eigenvalue weighted by atomic mass is 9.87. The van der Waals surface area contributed by atoms with E-state index in [9.17, 15) is 9.59 Å². The van der Waals surface area contributed by atoms with E-state index in [1.807, 2.05) is 36.4 Å². The monoisotopic (exact) mass is 515 g/mol. The van der Waals surface area contributed by atoms with E-state index in [1.165, 1.54) is 0 Å². The fourth-order valence-corrected chi connectivity index (χ4v) is 4.85. The molecule has 0 radical (unpaired) electrons. The van der Waals surface area contributed by atoms with Gasteiger partial charge in [0, 0.05) is 20.1 Å². The first-order valence-electron chi connectivity index (χ1n) is 12.9. The third-order valence-electron chi connectivity index (χ3n) is 7.30. The number of hydrogen-bond acceptors (Lipinski definition) is 6. The molecule has 2 aliphatic rings. The van der Waals surface area contributed by atoms with E-state index < -0.39 is 5.41 Å². The zero-order valence-electron chi connectivity index (χ0n) is 21.9. The number of ether oxygens (including phenoxy) is 4. The van der Waals surface area contributed by atoms with E-state index >= 15 is 0 Å². The number of carbonyl (C=O) groups is 2. The van der Waals surface area contributed by atoms with Crippen molar-refractivity contribution >= 4 is 11.7 Å². The summed E-state index contributed by atoms with van der Waals surface area (Å²) in [4.78, 5) is 25.4. The van der Waals surface area contributed by atoms with Gasteiger partial charge in [-0.15, -0.1) is 0 Å². The van der Waals surface area contributed by atoms with Crippen molar-refractivity contribution in [2.75, 3.05) is 33.7 Å². The molecule has 0 unspecified atom stereocenters. The Kier molecular flexibility index (Phi) is 7.77. The van der Waals surface area contributed by atoms with E-state index in [1.54, 1.807) is 7.11 Å². The minimum atomic E-state index is -0.424. The van der Waals surface area contributed by atoms with E-state index in [0.717, 1.165) is 57.7 Å². The standard InChI is InChI=1S/C31H33NO6/c1-21-3-4-23(16-29(33)31(11-12-31)25-9-10-27-28(17-25)38-20-37-27)15-26(21)24-7-5-22(6-8-24)18-32-30(34)19-36-14-13-35-2/h3-10,15,17H,11-14,16,18-20H2,1-2H3,(H,32,34). The fourth-order valence-electron chi connectivity index (χ4n) is 4.85. The summed E-state index contributed by atoms with van der Waals surface area (Å²) in [6, 6.07) is 20.2. The molecule has 7 nitrogen and oxygen atoms in total. The average molecular weight is 516 g/mol. The Morgan fingerprint density at radius 1 is 0.921 bits per heavy atom. The zero-order chi connectivity index (χ0) is 26.5. The number of benzene rings is 3. The molecule has 3 aromatic carbocycles. The van der Waals surface area contributed by atoms with Crippen LogP contribution in [0.25, 0.3) is 11.1 Å². The Balaban J connectivity index is 1.22. The third-order valence-corrected chi connectivity index (χ3v) is 7.30. The van der Waals surface area contributed by atoms with Crippen LogP contribution < -0.4 is 14.8 Å². The van der Waals surface area contributed by atoms with Crippen LogP contribution in [0.4, 0.5) is 0 Å². The van der Waals surface area contributed by atoms with Gasteiger partial charge >= 0.3 is 0 Å². The second-order valence-corrected chi connectivity index (χ2v) is 9.92. The molecular formula is C31H33NO6. The second kappa shape index (κ2) is 11.4. The Morgan fingerprint density at radius 2 is 1.68 bits per heavy atom. The van der Waals surface area contributed by atoms with E-state index in [0.29, 0.717) is 26.2 Å². The number of aryl methyl sites for hydroxylation is 1. The number of methoxy groups -OCH3 is 1. The number of carbonyl (C=O) groups excluding carboxylic acids is 2. The first-order chi connectivity index (χ1) is 18.5. The molecule has 0 saturated heterocycles. The SMILES string of the molecule is COCCOCC(=O)NCc1ccc(-c2cc(CC(=O)C3(c4ccc5c(c4)OCO5)CC3)ccc2C)cc1. The molecule has 0 atom stereocenters. The summed E-state index contributed by atoms with van der Waals surface area (Å²) in [5.41, 5.74) is 5.93. The van der Waals surface area contributed by atoms with Gasteiger partial charge in [0.15, 0.2) is 11.5 Å². The number of ketones is 1.